The zero-order valence-electron chi connectivity index (χ0n) is 16.8. The van der Waals surface area contributed by atoms with Gasteiger partial charge in [-0.15, -0.1) is 5.10 Å². The molecule has 1 aliphatic heterocycles. The molecule has 0 unspecified atom stereocenters. The summed E-state index contributed by atoms with van der Waals surface area (Å²) in [5.74, 6) is 0.993. The van der Waals surface area contributed by atoms with Crippen molar-refractivity contribution in [3.05, 3.63) is 36.2 Å². The lowest BCUT2D eigenvalue weighted by Gasteiger charge is -2.15. The Morgan fingerprint density at radius 2 is 2.04 bits per heavy atom. The Kier molecular flexibility index (Phi) is 6.81. The molecule has 0 N–H and O–H groups in total. The minimum absolute atomic E-state index is 0.153. The molecule has 7 nitrogen and oxygen atoms in total. The van der Waals surface area contributed by atoms with E-state index < -0.39 is 5.97 Å². The van der Waals surface area contributed by atoms with Crippen molar-refractivity contribution >= 4 is 12.2 Å². The van der Waals surface area contributed by atoms with Crippen LogP contribution in [0.2, 0.25) is 0 Å². The van der Waals surface area contributed by atoms with E-state index in [1.54, 1.807) is 6.33 Å². The van der Waals surface area contributed by atoms with Crippen LogP contribution < -0.4 is 4.74 Å². The van der Waals surface area contributed by atoms with Crippen molar-refractivity contribution in [2.24, 2.45) is 0 Å². The van der Waals surface area contributed by atoms with Crippen LogP contribution in [-0.4, -0.2) is 58.0 Å². The molecule has 150 valence electrons. The summed E-state index contributed by atoms with van der Waals surface area (Å²) in [5, 5.41) is 4.40. The van der Waals surface area contributed by atoms with E-state index in [0.717, 1.165) is 23.4 Å². The maximum Gasteiger partial charge on any atom is 0.332 e. The highest BCUT2D eigenvalue weighted by atomic mass is 16.5. The number of hydrogen-bond donors (Lipinski definition) is 0. The highest BCUT2D eigenvalue weighted by Crippen LogP contribution is 2.23. The summed E-state index contributed by atoms with van der Waals surface area (Å²) < 4.78 is 12.5. The number of ether oxygens (including phenoxy) is 2. The fourth-order valence-electron chi connectivity index (χ4n) is 3.15. The monoisotopic (exact) mass is 384 g/mol. The van der Waals surface area contributed by atoms with Crippen molar-refractivity contribution in [2.45, 2.75) is 39.7 Å². The SMILES string of the molecule is Cc1cc(OCCN2CCCC2)cc(-c2ncn(/C=C/C(=O)OC(C)C)n2)c1. The smallest absolute Gasteiger partial charge is 0.332 e. The van der Waals surface area contributed by atoms with E-state index in [1.165, 1.54) is 42.9 Å². The molecular weight excluding hydrogens is 356 g/mol. The summed E-state index contributed by atoms with van der Waals surface area (Å²) in [4.78, 5) is 18.4. The van der Waals surface area contributed by atoms with Gasteiger partial charge < -0.3 is 9.47 Å². The zero-order valence-corrected chi connectivity index (χ0v) is 16.8. The summed E-state index contributed by atoms with van der Waals surface area (Å²) >= 11 is 0. The van der Waals surface area contributed by atoms with E-state index in [1.807, 2.05) is 39.0 Å². The van der Waals surface area contributed by atoms with Gasteiger partial charge in [-0.05, 0) is 70.5 Å². The molecule has 0 radical (unpaired) electrons. The van der Waals surface area contributed by atoms with Gasteiger partial charge in [0.1, 0.15) is 18.7 Å². The molecule has 0 saturated carbocycles. The number of aromatic nitrogens is 3. The average molecular weight is 384 g/mol. The zero-order chi connectivity index (χ0) is 19.9. The Labute approximate surface area is 166 Å². The van der Waals surface area contributed by atoms with Crippen LogP contribution in [0.4, 0.5) is 0 Å². The van der Waals surface area contributed by atoms with Gasteiger partial charge in [-0.1, -0.05) is 0 Å². The van der Waals surface area contributed by atoms with E-state index >= 15 is 0 Å². The Morgan fingerprint density at radius 3 is 2.79 bits per heavy atom. The predicted molar refractivity (Wildman–Crippen MR) is 108 cm³/mol. The lowest BCUT2D eigenvalue weighted by Crippen LogP contribution is -2.25. The molecule has 0 aliphatic carbocycles. The van der Waals surface area contributed by atoms with Crippen molar-refractivity contribution in [3.8, 4) is 17.1 Å². The predicted octanol–water partition coefficient (Wildman–Crippen LogP) is 3.15. The third-order valence-electron chi connectivity index (χ3n) is 4.41. The number of carbonyl (C=O) groups excluding carboxylic acids is 1. The lowest BCUT2D eigenvalue weighted by atomic mass is 10.1. The molecule has 28 heavy (non-hydrogen) atoms. The summed E-state index contributed by atoms with van der Waals surface area (Å²) in [6.07, 6.45) is 6.84. The second kappa shape index (κ2) is 9.50. The first-order chi connectivity index (χ1) is 13.5. The van der Waals surface area contributed by atoms with Crippen LogP contribution in [0.25, 0.3) is 17.6 Å². The number of benzene rings is 1. The second-order valence-electron chi connectivity index (χ2n) is 7.28. The van der Waals surface area contributed by atoms with E-state index in [9.17, 15) is 4.79 Å². The third kappa shape index (κ3) is 5.92. The fraction of sp³-hybridized carbons (Fsp3) is 0.476. The van der Waals surface area contributed by atoms with Crippen molar-refractivity contribution in [1.82, 2.24) is 19.7 Å². The number of carbonyl (C=O) groups is 1. The first-order valence-electron chi connectivity index (χ1n) is 9.77. The molecule has 1 aliphatic rings. The van der Waals surface area contributed by atoms with Crippen LogP contribution in [0.5, 0.6) is 5.75 Å². The number of aryl methyl sites for hydroxylation is 1. The lowest BCUT2D eigenvalue weighted by molar-refractivity contribution is -0.141. The van der Waals surface area contributed by atoms with Crippen LogP contribution in [0.3, 0.4) is 0 Å². The third-order valence-corrected chi connectivity index (χ3v) is 4.41. The van der Waals surface area contributed by atoms with Crippen molar-refractivity contribution in [2.75, 3.05) is 26.2 Å². The van der Waals surface area contributed by atoms with Crippen molar-refractivity contribution < 1.29 is 14.3 Å². The quantitative estimate of drug-likeness (QED) is 0.514. The number of likely N-dealkylation sites (tertiary alicyclic amines) is 1. The van der Waals surface area contributed by atoms with E-state index in [2.05, 4.69) is 15.0 Å². The van der Waals surface area contributed by atoms with Gasteiger partial charge in [0.05, 0.1) is 6.10 Å². The molecule has 3 rings (SSSR count). The van der Waals surface area contributed by atoms with Gasteiger partial charge in [0.2, 0.25) is 0 Å². The highest BCUT2D eigenvalue weighted by Gasteiger charge is 2.12. The largest absolute Gasteiger partial charge is 0.492 e. The molecule has 1 fully saturated rings. The van der Waals surface area contributed by atoms with Crippen LogP contribution in [0.15, 0.2) is 30.6 Å². The molecule has 0 spiro atoms. The Morgan fingerprint density at radius 1 is 1.25 bits per heavy atom. The summed E-state index contributed by atoms with van der Waals surface area (Å²) in [6.45, 7) is 9.60. The van der Waals surface area contributed by atoms with Gasteiger partial charge in [0.15, 0.2) is 5.82 Å². The molecule has 2 heterocycles. The van der Waals surface area contributed by atoms with E-state index in [0.29, 0.717) is 12.4 Å². The second-order valence-corrected chi connectivity index (χ2v) is 7.28. The number of esters is 1. The first-order valence-corrected chi connectivity index (χ1v) is 9.77. The number of hydrogen-bond acceptors (Lipinski definition) is 6. The minimum atomic E-state index is -0.406. The van der Waals surface area contributed by atoms with Crippen LogP contribution in [-0.2, 0) is 9.53 Å². The van der Waals surface area contributed by atoms with Crippen LogP contribution in [0.1, 0.15) is 32.3 Å². The summed E-state index contributed by atoms with van der Waals surface area (Å²) in [5.41, 5.74) is 1.97. The average Bonchev–Trinajstić information content (AvgIpc) is 3.31. The highest BCUT2D eigenvalue weighted by molar-refractivity contribution is 5.85. The van der Waals surface area contributed by atoms with E-state index in [4.69, 9.17) is 9.47 Å². The Hall–Kier alpha value is -2.67. The van der Waals surface area contributed by atoms with Gasteiger partial charge in [-0.3, -0.25) is 4.90 Å². The number of rotatable bonds is 8. The molecule has 1 saturated heterocycles. The van der Waals surface area contributed by atoms with Gasteiger partial charge in [0, 0.05) is 24.4 Å². The van der Waals surface area contributed by atoms with Gasteiger partial charge in [-0.2, -0.15) is 0 Å². The normalized spacial score (nSPS) is 14.9. The topological polar surface area (TPSA) is 69.5 Å². The van der Waals surface area contributed by atoms with Crippen LogP contribution in [0, 0.1) is 6.92 Å². The first kappa shape index (κ1) is 20.1. The molecule has 0 bridgehead atoms. The maximum absolute atomic E-state index is 11.6. The molecule has 7 heteroatoms. The minimum Gasteiger partial charge on any atom is -0.492 e. The van der Waals surface area contributed by atoms with Gasteiger partial charge >= 0.3 is 5.97 Å². The number of nitrogens with zero attached hydrogens (tertiary/aromatic N) is 4. The van der Waals surface area contributed by atoms with Gasteiger partial charge in [-0.25, -0.2) is 14.5 Å². The fourth-order valence-corrected chi connectivity index (χ4v) is 3.15. The Balaban J connectivity index is 1.63. The molecule has 1 aromatic carbocycles. The van der Waals surface area contributed by atoms with Crippen molar-refractivity contribution in [1.29, 1.82) is 0 Å². The Bertz CT molecular complexity index is 823. The molecule has 2 aromatic rings. The summed E-state index contributed by atoms with van der Waals surface area (Å²) in [6, 6.07) is 5.99. The standard InChI is InChI=1S/C21H28N4O3/c1-16(2)28-20(26)6-9-25-15-22-21(23-25)18-12-17(3)13-19(14-18)27-11-10-24-7-4-5-8-24/h6,9,12-16H,4-5,7-8,10-11H2,1-3H3/b9-6+. The van der Waals surface area contributed by atoms with Gasteiger partial charge in [0.25, 0.3) is 0 Å². The molecule has 0 amide bonds. The summed E-state index contributed by atoms with van der Waals surface area (Å²) in [7, 11) is 0. The molecular formula is C21H28N4O3. The van der Waals surface area contributed by atoms with Crippen LogP contribution >= 0.6 is 0 Å². The maximum atomic E-state index is 11.6. The van der Waals surface area contributed by atoms with E-state index in [-0.39, 0.29) is 6.10 Å². The van der Waals surface area contributed by atoms with Crippen molar-refractivity contribution in [3.63, 3.8) is 0 Å². The molecule has 0 atom stereocenters. The molecule has 1 aromatic heterocycles.